The van der Waals surface area contributed by atoms with Crippen molar-refractivity contribution >= 4 is 67.9 Å². The summed E-state index contributed by atoms with van der Waals surface area (Å²) in [6, 6.07) is 7.65. The topological polar surface area (TPSA) is 84.1 Å². The number of hydrogen-bond donors (Lipinski definition) is 2. The molecule has 0 atom stereocenters. The predicted molar refractivity (Wildman–Crippen MR) is 103 cm³/mol. The molecule has 1 amide bonds. The summed E-state index contributed by atoms with van der Waals surface area (Å²) in [6.45, 7) is 0. The van der Waals surface area contributed by atoms with Crippen LogP contribution in [0.15, 0.2) is 41.8 Å². The van der Waals surface area contributed by atoms with E-state index in [1.54, 1.807) is 5.38 Å². The van der Waals surface area contributed by atoms with E-state index >= 15 is 0 Å². The first-order valence-corrected chi connectivity index (χ1v) is 14.9. The second-order valence-electron chi connectivity index (χ2n) is 5.44. The summed E-state index contributed by atoms with van der Waals surface area (Å²) in [5.41, 5.74) is 8.03. The van der Waals surface area contributed by atoms with Gasteiger partial charge in [0, 0.05) is 0 Å². The van der Waals surface area contributed by atoms with Crippen molar-refractivity contribution < 1.29 is 4.79 Å². The fourth-order valence-electron chi connectivity index (χ4n) is 2.69. The Hall–Kier alpha value is -1.45. The van der Waals surface area contributed by atoms with Gasteiger partial charge >= 0.3 is 158 Å². The molecule has 0 aliphatic carbocycles. The van der Waals surface area contributed by atoms with Gasteiger partial charge in [0.2, 0.25) is 0 Å². The van der Waals surface area contributed by atoms with Crippen LogP contribution in [-0.2, 0) is 0 Å². The molecule has 2 heterocycles. The minimum absolute atomic E-state index is 0.265. The molecule has 3 N–H and O–H groups in total. The first-order chi connectivity index (χ1) is 11.6. The Morgan fingerprint density at radius 3 is 2.71 bits per heavy atom. The summed E-state index contributed by atoms with van der Waals surface area (Å²) in [6.07, 6.45) is 5.61. The summed E-state index contributed by atoms with van der Waals surface area (Å²) in [5.74, 6) is -0.265. The molecular formula is C15H16InN5OS2. The van der Waals surface area contributed by atoms with Crippen LogP contribution in [0.4, 0.5) is 11.4 Å². The van der Waals surface area contributed by atoms with Gasteiger partial charge in [0.25, 0.3) is 0 Å². The number of amides is 1. The third-order valence-corrected chi connectivity index (χ3v) is 14.0. The Morgan fingerprint density at radius 1 is 1.33 bits per heavy atom. The molecule has 24 heavy (non-hydrogen) atoms. The molecule has 0 saturated carbocycles. The van der Waals surface area contributed by atoms with Crippen molar-refractivity contribution in [3.63, 3.8) is 0 Å². The summed E-state index contributed by atoms with van der Waals surface area (Å²) >= 11 is 4.43. The number of anilines is 2. The van der Waals surface area contributed by atoms with Crippen molar-refractivity contribution in [3.05, 3.63) is 47.5 Å². The molecule has 1 aliphatic heterocycles. The van der Waals surface area contributed by atoms with Gasteiger partial charge in [-0.3, -0.25) is 0 Å². The van der Waals surface area contributed by atoms with Crippen molar-refractivity contribution in [1.29, 1.82) is 0 Å². The molecule has 1 aromatic carbocycles. The normalized spacial score (nSPS) is 13.6. The van der Waals surface area contributed by atoms with Crippen molar-refractivity contribution in [3.8, 4) is 0 Å². The number of benzene rings is 1. The van der Waals surface area contributed by atoms with E-state index in [9.17, 15) is 4.79 Å². The Bertz CT molecular complexity index is 748. The molecule has 0 fully saturated rings. The van der Waals surface area contributed by atoms with Crippen LogP contribution < -0.4 is 13.9 Å². The van der Waals surface area contributed by atoms with Gasteiger partial charge in [-0.25, -0.2) is 0 Å². The van der Waals surface area contributed by atoms with Crippen LogP contribution in [0.1, 0.15) is 16.9 Å². The summed E-state index contributed by atoms with van der Waals surface area (Å²) in [4.78, 5) is 12.0. The molecule has 2 aromatic rings. The first kappa shape index (κ1) is 17.4. The Labute approximate surface area is 157 Å². The second-order valence-corrected chi connectivity index (χ2v) is 14.7. The Kier molecular flexibility index (Phi) is 5.85. The van der Waals surface area contributed by atoms with Crippen LogP contribution in [0.2, 0.25) is 8.35 Å². The standard InChI is InChI=1S/C10H9N5OS2.C5H8.In/c11-10(17)13-7-3-1-6(2-4-7)12-9(16)8-5-18-15-14-8;1-3-5-4-2;/h1-5H,(H4,11,12,13,14,15,16,17);3,5H,1-2,4H2;/q;;+1/p-1. The molecule has 0 unspecified atom stereocenters. The van der Waals surface area contributed by atoms with Crippen LogP contribution in [-0.4, -0.2) is 42.3 Å². The monoisotopic (exact) mass is 461 g/mol. The van der Waals surface area contributed by atoms with Crippen LogP contribution in [0.25, 0.3) is 0 Å². The zero-order chi connectivity index (χ0) is 16.9. The third-order valence-electron chi connectivity index (χ3n) is 3.84. The maximum atomic E-state index is 12.0. The third kappa shape index (κ3) is 4.14. The first-order valence-electron chi connectivity index (χ1n) is 7.57. The van der Waals surface area contributed by atoms with E-state index in [2.05, 4.69) is 29.9 Å². The zero-order valence-corrected chi connectivity index (χ0v) is 17.8. The average molecular weight is 461 g/mol. The predicted octanol–water partition coefficient (Wildman–Crippen LogP) is 2.79. The number of allylic oxidation sites excluding steroid dienone is 2. The molecular weight excluding hydrogens is 445 g/mol. The van der Waals surface area contributed by atoms with Gasteiger partial charge in [0.15, 0.2) is 0 Å². The Morgan fingerprint density at radius 2 is 2.12 bits per heavy atom. The quantitative estimate of drug-likeness (QED) is 0.539. The van der Waals surface area contributed by atoms with Crippen molar-refractivity contribution in [2.75, 3.05) is 8.20 Å². The van der Waals surface area contributed by atoms with Gasteiger partial charge in [-0.2, -0.15) is 0 Å². The molecule has 0 spiro atoms. The molecule has 1 aliphatic rings. The number of nitrogens with two attached hydrogens (primary N) is 1. The molecule has 122 valence electrons. The maximum absolute atomic E-state index is 12.0. The number of nitrogens with zero attached hydrogens (tertiary/aromatic N) is 3. The number of rotatable bonds is 4. The van der Waals surface area contributed by atoms with Crippen LogP contribution in [0.5, 0.6) is 0 Å². The summed E-state index contributed by atoms with van der Waals surface area (Å²) < 4.78 is 8.24. The van der Waals surface area contributed by atoms with E-state index in [0.717, 1.165) is 27.8 Å². The molecule has 0 bridgehead atoms. The van der Waals surface area contributed by atoms with E-state index in [1.165, 1.54) is 4.18 Å². The minimum atomic E-state index is -2.01. The number of thiocarbonyl (C=S) groups is 1. The number of carbonyl (C=O) groups excluding carboxylic acids is 1. The van der Waals surface area contributed by atoms with E-state index in [-0.39, 0.29) is 5.91 Å². The van der Waals surface area contributed by atoms with E-state index < -0.39 is 21.7 Å². The zero-order valence-electron chi connectivity index (χ0n) is 12.9. The van der Waals surface area contributed by atoms with Gasteiger partial charge in [-0.1, -0.05) is 0 Å². The number of aromatic nitrogens is 2. The van der Waals surface area contributed by atoms with Crippen LogP contribution in [0, 0.1) is 0 Å². The van der Waals surface area contributed by atoms with Crippen LogP contribution in [0.3, 0.4) is 0 Å². The summed E-state index contributed by atoms with van der Waals surface area (Å²) in [5, 5.41) is 8.64. The molecule has 0 saturated heterocycles. The fraction of sp³-hybridized carbons (Fsp3) is 0.200. The van der Waals surface area contributed by atoms with Gasteiger partial charge in [-0.05, 0) is 0 Å². The SMILES string of the molecule is NC(=S)[N](c1ccc(NC(=O)c2csnn2)cc1)[In]1[CH2]C=CC[CH2]1. The van der Waals surface area contributed by atoms with Gasteiger partial charge < -0.3 is 0 Å². The van der Waals surface area contributed by atoms with Gasteiger partial charge in [-0.15, -0.1) is 0 Å². The van der Waals surface area contributed by atoms with Gasteiger partial charge in [0.1, 0.15) is 0 Å². The van der Waals surface area contributed by atoms with Crippen molar-refractivity contribution in [2.45, 2.75) is 14.8 Å². The van der Waals surface area contributed by atoms with E-state index in [0.29, 0.717) is 16.5 Å². The fourth-order valence-corrected chi connectivity index (χ4v) is 12.1. The summed E-state index contributed by atoms with van der Waals surface area (Å²) in [7, 11) is 0. The number of nitrogens with one attached hydrogen (secondary N) is 1. The average Bonchev–Trinajstić information content (AvgIpc) is 3.12. The van der Waals surface area contributed by atoms with Gasteiger partial charge in [0.05, 0.1) is 0 Å². The van der Waals surface area contributed by atoms with E-state index in [1.807, 2.05) is 24.3 Å². The van der Waals surface area contributed by atoms with Crippen molar-refractivity contribution in [2.24, 2.45) is 5.73 Å². The molecule has 9 heteroatoms. The molecule has 3 rings (SSSR count). The molecule has 6 nitrogen and oxygen atoms in total. The second kappa shape index (κ2) is 8.09. The molecule has 1 aromatic heterocycles. The number of hydrogen-bond acceptors (Lipinski definition) is 5. The van der Waals surface area contributed by atoms with Crippen molar-refractivity contribution in [1.82, 2.24) is 9.59 Å². The Balaban J connectivity index is 1.73. The molecule has 0 radical (unpaired) electrons. The number of carbonyl (C=O) groups is 1. The van der Waals surface area contributed by atoms with E-state index in [4.69, 9.17) is 18.0 Å². The van der Waals surface area contributed by atoms with Crippen LogP contribution >= 0.6 is 23.8 Å².